The quantitative estimate of drug-likeness (QED) is 0.704. The third kappa shape index (κ3) is 1.60. The molecule has 6 heteroatoms. The molecular weight excluding hydrogens is 237 g/mol. The molecule has 0 spiro atoms. The summed E-state index contributed by atoms with van der Waals surface area (Å²) in [5, 5.41) is 17.8. The second-order valence-electron chi connectivity index (χ2n) is 2.57. The molecular formula is C7H5BBrNO3. The molecule has 0 atom stereocenters. The number of benzene rings is 1. The average Bonchev–Trinajstić information content (AvgIpc) is 2.42. The lowest BCUT2D eigenvalue weighted by Gasteiger charge is -1.96. The maximum atomic E-state index is 8.88. The Balaban J connectivity index is 2.61. The zero-order valence-electron chi connectivity index (χ0n) is 6.44. The van der Waals surface area contributed by atoms with Crippen LogP contribution in [0.4, 0.5) is 0 Å². The van der Waals surface area contributed by atoms with Crippen LogP contribution in [-0.2, 0) is 0 Å². The Morgan fingerprint density at radius 3 is 2.85 bits per heavy atom. The lowest BCUT2D eigenvalue weighted by atomic mass is 9.80. The van der Waals surface area contributed by atoms with Crippen LogP contribution in [-0.4, -0.2) is 22.2 Å². The Labute approximate surface area is 82.5 Å². The van der Waals surface area contributed by atoms with Crippen LogP contribution in [0.3, 0.4) is 0 Å². The number of aromatic nitrogens is 1. The van der Waals surface area contributed by atoms with Crippen LogP contribution in [0.5, 0.6) is 0 Å². The third-order valence-corrected chi connectivity index (χ3v) is 2.02. The van der Waals surface area contributed by atoms with Gasteiger partial charge < -0.3 is 14.5 Å². The summed E-state index contributed by atoms with van der Waals surface area (Å²) in [4.78, 5) is 4.37. The molecule has 0 bridgehead atoms. The smallest absolute Gasteiger partial charge is 0.431 e. The van der Waals surface area contributed by atoms with E-state index in [1.165, 1.54) is 0 Å². The molecule has 1 aromatic heterocycles. The standard InChI is InChI=1S/C7H5BBrNO3/c9-7-10-5-3-4(8(11)12)1-2-6(5)13-7/h1-3,11-12H. The zero-order chi connectivity index (χ0) is 9.42. The van der Waals surface area contributed by atoms with E-state index in [4.69, 9.17) is 14.5 Å². The third-order valence-electron chi connectivity index (χ3n) is 1.68. The Hall–Kier alpha value is -0.845. The molecule has 66 valence electrons. The highest BCUT2D eigenvalue weighted by Crippen LogP contribution is 2.17. The summed E-state index contributed by atoms with van der Waals surface area (Å²) in [5.74, 6) is 0. The fourth-order valence-electron chi connectivity index (χ4n) is 1.08. The van der Waals surface area contributed by atoms with Crippen molar-refractivity contribution in [3.05, 3.63) is 23.0 Å². The van der Waals surface area contributed by atoms with Gasteiger partial charge in [0.05, 0.1) is 0 Å². The monoisotopic (exact) mass is 241 g/mol. The first-order valence-electron chi connectivity index (χ1n) is 3.59. The molecule has 2 N–H and O–H groups in total. The number of fused-ring (bicyclic) bond motifs is 1. The number of hydrogen-bond acceptors (Lipinski definition) is 4. The number of nitrogens with zero attached hydrogens (tertiary/aromatic N) is 1. The van der Waals surface area contributed by atoms with E-state index in [-0.39, 0.29) is 0 Å². The molecule has 0 aliphatic heterocycles. The maximum absolute atomic E-state index is 8.88. The van der Waals surface area contributed by atoms with Crippen LogP contribution in [0.1, 0.15) is 0 Å². The predicted octanol–water partition coefficient (Wildman–Crippen LogP) is 0.270. The summed E-state index contributed by atoms with van der Waals surface area (Å²) >= 11 is 3.08. The highest BCUT2D eigenvalue weighted by Gasteiger charge is 2.12. The maximum Gasteiger partial charge on any atom is 0.488 e. The van der Waals surface area contributed by atoms with Gasteiger partial charge in [-0.1, -0.05) is 6.07 Å². The first-order chi connectivity index (χ1) is 6.16. The molecule has 0 radical (unpaired) electrons. The minimum Gasteiger partial charge on any atom is -0.431 e. The van der Waals surface area contributed by atoms with E-state index >= 15 is 0 Å². The van der Waals surface area contributed by atoms with E-state index in [1.807, 2.05) is 0 Å². The Morgan fingerprint density at radius 1 is 1.38 bits per heavy atom. The molecule has 4 nitrogen and oxygen atoms in total. The summed E-state index contributed by atoms with van der Waals surface area (Å²) in [6.45, 7) is 0. The summed E-state index contributed by atoms with van der Waals surface area (Å²) in [5.41, 5.74) is 1.60. The predicted molar refractivity (Wildman–Crippen MR) is 51.5 cm³/mol. The van der Waals surface area contributed by atoms with Gasteiger partial charge in [-0.2, -0.15) is 0 Å². The van der Waals surface area contributed by atoms with Crippen molar-refractivity contribution in [3.8, 4) is 0 Å². The minimum atomic E-state index is -1.47. The molecule has 0 saturated carbocycles. The minimum absolute atomic E-state index is 0.382. The molecule has 0 saturated heterocycles. The van der Waals surface area contributed by atoms with Crippen molar-refractivity contribution in [2.24, 2.45) is 0 Å². The molecule has 1 aromatic carbocycles. The van der Waals surface area contributed by atoms with E-state index in [0.29, 0.717) is 21.4 Å². The van der Waals surface area contributed by atoms with Gasteiger partial charge in [-0.05, 0) is 17.6 Å². The molecule has 0 unspecified atom stereocenters. The van der Waals surface area contributed by atoms with Crippen LogP contribution in [0, 0.1) is 0 Å². The van der Waals surface area contributed by atoms with Crippen molar-refractivity contribution >= 4 is 39.6 Å². The highest BCUT2D eigenvalue weighted by molar-refractivity contribution is 9.10. The molecule has 0 fully saturated rings. The largest absolute Gasteiger partial charge is 0.488 e. The van der Waals surface area contributed by atoms with E-state index < -0.39 is 7.12 Å². The Morgan fingerprint density at radius 2 is 2.15 bits per heavy atom. The molecule has 1 heterocycles. The van der Waals surface area contributed by atoms with Crippen LogP contribution in [0.25, 0.3) is 11.1 Å². The summed E-state index contributed by atoms with van der Waals surface area (Å²) in [6, 6.07) is 4.78. The Bertz CT molecular complexity index is 442. The topological polar surface area (TPSA) is 66.5 Å². The fraction of sp³-hybridized carbons (Fsp3) is 0. The van der Waals surface area contributed by atoms with Gasteiger partial charge in [0.1, 0.15) is 5.52 Å². The SMILES string of the molecule is OB(O)c1ccc2oc(Br)nc2c1. The lowest BCUT2D eigenvalue weighted by molar-refractivity contribution is 0.426. The molecule has 2 rings (SSSR count). The van der Waals surface area contributed by atoms with E-state index in [1.54, 1.807) is 18.2 Å². The van der Waals surface area contributed by atoms with Crippen LogP contribution >= 0.6 is 15.9 Å². The van der Waals surface area contributed by atoms with E-state index in [2.05, 4.69) is 20.9 Å². The Kier molecular flexibility index (Phi) is 2.11. The van der Waals surface area contributed by atoms with Crippen LogP contribution in [0.2, 0.25) is 0 Å². The number of hydrogen-bond donors (Lipinski definition) is 2. The number of oxazole rings is 1. The van der Waals surface area contributed by atoms with Gasteiger partial charge >= 0.3 is 7.12 Å². The van der Waals surface area contributed by atoms with Crippen molar-refractivity contribution < 1.29 is 14.5 Å². The lowest BCUT2D eigenvalue weighted by Crippen LogP contribution is -2.29. The average molecular weight is 242 g/mol. The normalized spacial score (nSPS) is 10.7. The molecule has 13 heavy (non-hydrogen) atoms. The van der Waals surface area contributed by atoms with Crippen molar-refractivity contribution in [2.45, 2.75) is 0 Å². The first-order valence-corrected chi connectivity index (χ1v) is 4.38. The number of rotatable bonds is 1. The first kappa shape index (κ1) is 8.74. The van der Waals surface area contributed by atoms with Gasteiger partial charge in [0.2, 0.25) is 0 Å². The fourth-order valence-corrected chi connectivity index (χ4v) is 1.44. The van der Waals surface area contributed by atoms with E-state index in [9.17, 15) is 0 Å². The highest BCUT2D eigenvalue weighted by atomic mass is 79.9. The van der Waals surface area contributed by atoms with Crippen molar-refractivity contribution in [3.63, 3.8) is 0 Å². The summed E-state index contributed by atoms with van der Waals surface area (Å²) < 4.78 is 5.14. The summed E-state index contributed by atoms with van der Waals surface area (Å²) in [7, 11) is -1.47. The van der Waals surface area contributed by atoms with E-state index in [0.717, 1.165) is 0 Å². The van der Waals surface area contributed by atoms with Gasteiger partial charge in [0.15, 0.2) is 5.58 Å². The molecule has 0 amide bonds. The zero-order valence-corrected chi connectivity index (χ0v) is 8.02. The summed E-state index contributed by atoms with van der Waals surface area (Å²) in [6.07, 6.45) is 0. The number of halogens is 1. The second kappa shape index (κ2) is 3.14. The van der Waals surface area contributed by atoms with Gasteiger partial charge in [0.25, 0.3) is 4.80 Å². The second-order valence-corrected chi connectivity index (χ2v) is 3.25. The van der Waals surface area contributed by atoms with Crippen LogP contribution in [0.15, 0.2) is 27.4 Å². The van der Waals surface area contributed by atoms with Gasteiger partial charge in [-0.3, -0.25) is 0 Å². The van der Waals surface area contributed by atoms with Gasteiger partial charge in [0, 0.05) is 15.9 Å². The van der Waals surface area contributed by atoms with Crippen LogP contribution < -0.4 is 5.46 Å². The molecule has 2 aromatic rings. The molecule has 0 aliphatic rings. The van der Waals surface area contributed by atoms with Gasteiger partial charge in [-0.15, -0.1) is 0 Å². The van der Waals surface area contributed by atoms with Crippen molar-refractivity contribution in [1.29, 1.82) is 0 Å². The van der Waals surface area contributed by atoms with Crippen molar-refractivity contribution in [2.75, 3.05) is 0 Å². The van der Waals surface area contributed by atoms with Crippen molar-refractivity contribution in [1.82, 2.24) is 4.98 Å². The molecule has 0 aliphatic carbocycles. The van der Waals surface area contributed by atoms with Gasteiger partial charge in [-0.25, -0.2) is 4.98 Å².